The highest BCUT2D eigenvalue weighted by atomic mass is 32.2. The van der Waals surface area contributed by atoms with Gasteiger partial charge in [0.05, 0.1) is 0 Å². The predicted molar refractivity (Wildman–Crippen MR) is 66.6 cm³/mol. The molecule has 0 bridgehead atoms. The average molecular weight is 229 g/mol. The zero-order chi connectivity index (χ0) is 10.6. The summed E-state index contributed by atoms with van der Waals surface area (Å²) in [4.78, 5) is 0. The molecule has 0 aliphatic carbocycles. The summed E-state index contributed by atoms with van der Waals surface area (Å²) in [6, 6.07) is 0.700. The normalized spacial score (nSPS) is 37.8. The van der Waals surface area contributed by atoms with Crippen molar-refractivity contribution >= 4 is 11.8 Å². The number of rotatable bonds is 3. The van der Waals surface area contributed by atoms with Gasteiger partial charge >= 0.3 is 0 Å². The van der Waals surface area contributed by atoms with Gasteiger partial charge in [0.25, 0.3) is 0 Å². The fourth-order valence-electron chi connectivity index (χ4n) is 2.44. The molecule has 0 aromatic heterocycles. The van der Waals surface area contributed by atoms with Crippen molar-refractivity contribution in [1.29, 1.82) is 0 Å². The van der Waals surface area contributed by atoms with Gasteiger partial charge in [-0.3, -0.25) is 0 Å². The quantitative estimate of drug-likeness (QED) is 0.803. The minimum Gasteiger partial charge on any atom is -0.381 e. The first-order chi connectivity index (χ1) is 7.29. The topological polar surface area (TPSA) is 21.3 Å². The van der Waals surface area contributed by atoms with E-state index >= 15 is 0 Å². The Labute approximate surface area is 97.5 Å². The molecule has 15 heavy (non-hydrogen) atoms. The lowest BCUT2D eigenvalue weighted by molar-refractivity contribution is 0.142. The van der Waals surface area contributed by atoms with E-state index in [2.05, 4.69) is 24.0 Å². The Balaban J connectivity index is 1.71. The summed E-state index contributed by atoms with van der Waals surface area (Å²) in [5, 5.41) is 3.74. The minimum atomic E-state index is 0.507. The molecule has 2 rings (SSSR count). The van der Waals surface area contributed by atoms with Crippen LogP contribution in [0.2, 0.25) is 0 Å². The summed E-state index contributed by atoms with van der Waals surface area (Å²) in [6.45, 7) is 5.50. The molecule has 1 N–H and O–H groups in total. The Hall–Kier alpha value is 0.270. The van der Waals surface area contributed by atoms with Crippen LogP contribution in [0.4, 0.5) is 0 Å². The van der Waals surface area contributed by atoms with Crippen LogP contribution in [0.1, 0.15) is 39.0 Å². The molecule has 0 saturated carbocycles. The monoisotopic (exact) mass is 229 g/mol. The first kappa shape index (κ1) is 11.7. The molecule has 2 unspecified atom stereocenters. The van der Waals surface area contributed by atoms with Gasteiger partial charge in [-0.15, -0.1) is 0 Å². The van der Waals surface area contributed by atoms with E-state index < -0.39 is 0 Å². The van der Waals surface area contributed by atoms with Crippen molar-refractivity contribution in [3.8, 4) is 0 Å². The van der Waals surface area contributed by atoms with Gasteiger partial charge in [0.2, 0.25) is 0 Å². The number of nitrogens with one attached hydrogen (secondary N) is 1. The second-order valence-corrected chi connectivity index (χ2v) is 6.71. The van der Waals surface area contributed by atoms with E-state index in [9.17, 15) is 0 Å². The van der Waals surface area contributed by atoms with Crippen LogP contribution in [0.15, 0.2) is 0 Å². The Bertz CT molecular complexity index is 184. The molecule has 3 heteroatoms. The van der Waals surface area contributed by atoms with Crippen molar-refractivity contribution in [3.05, 3.63) is 0 Å². The zero-order valence-electron chi connectivity index (χ0n) is 9.76. The second-order valence-electron chi connectivity index (χ2n) is 5.02. The molecule has 0 radical (unpaired) electrons. The van der Waals surface area contributed by atoms with Crippen molar-refractivity contribution in [2.75, 3.05) is 25.5 Å². The highest BCUT2D eigenvalue weighted by molar-refractivity contribution is 8.00. The van der Waals surface area contributed by atoms with Crippen LogP contribution in [-0.2, 0) is 4.74 Å². The fourth-order valence-corrected chi connectivity index (χ4v) is 3.70. The standard InChI is InChI=1S/C12H23NOS/c1-12(6-3-9-15-12)10-13-11-4-2-7-14-8-5-11/h11,13H,2-10H2,1H3. The SMILES string of the molecule is CC1(CNC2CCCOCC2)CCCS1. The third-order valence-corrected chi connectivity index (χ3v) is 5.06. The van der Waals surface area contributed by atoms with Crippen LogP contribution >= 0.6 is 11.8 Å². The van der Waals surface area contributed by atoms with E-state index in [-0.39, 0.29) is 0 Å². The van der Waals surface area contributed by atoms with Gasteiger partial charge in [-0.05, 0) is 44.8 Å². The van der Waals surface area contributed by atoms with Gasteiger partial charge in [0.1, 0.15) is 0 Å². The molecular formula is C12H23NOS. The Morgan fingerprint density at radius 1 is 1.33 bits per heavy atom. The van der Waals surface area contributed by atoms with Crippen LogP contribution in [0.25, 0.3) is 0 Å². The van der Waals surface area contributed by atoms with E-state index in [1.807, 2.05) is 0 Å². The first-order valence-electron chi connectivity index (χ1n) is 6.24. The summed E-state index contributed by atoms with van der Waals surface area (Å²) in [5.41, 5.74) is 0. The molecule has 2 aliphatic rings. The average Bonchev–Trinajstić information content (AvgIpc) is 2.53. The number of thioether (sulfide) groups is 1. The third kappa shape index (κ3) is 3.65. The Kier molecular flexibility index (Phi) is 4.35. The molecule has 2 fully saturated rings. The van der Waals surface area contributed by atoms with Crippen LogP contribution in [0.3, 0.4) is 0 Å². The van der Waals surface area contributed by atoms with E-state index in [1.54, 1.807) is 0 Å². The first-order valence-corrected chi connectivity index (χ1v) is 7.22. The van der Waals surface area contributed by atoms with Crippen molar-refractivity contribution in [1.82, 2.24) is 5.32 Å². The summed E-state index contributed by atoms with van der Waals surface area (Å²) in [7, 11) is 0. The fraction of sp³-hybridized carbons (Fsp3) is 1.00. The van der Waals surface area contributed by atoms with Crippen molar-refractivity contribution in [3.63, 3.8) is 0 Å². The molecule has 2 nitrogen and oxygen atoms in total. The highest BCUT2D eigenvalue weighted by Gasteiger charge is 2.29. The molecule has 0 amide bonds. The minimum absolute atomic E-state index is 0.507. The smallest absolute Gasteiger partial charge is 0.0480 e. The van der Waals surface area contributed by atoms with Crippen molar-refractivity contribution in [2.24, 2.45) is 0 Å². The van der Waals surface area contributed by atoms with Gasteiger partial charge in [-0.25, -0.2) is 0 Å². The summed E-state index contributed by atoms with van der Waals surface area (Å²) < 4.78 is 5.98. The number of hydrogen-bond donors (Lipinski definition) is 1. The lowest BCUT2D eigenvalue weighted by Gasteiger charge is -2.26. The van der Waals surface area contributed by atoms with Gasteiger partial charge < -0.3 is 10.1 Å². The van der Waals surface area contributed by atoms with Crippen molar-refractivity contribution in [2.45, 2.75) is 49.8 Å². The van der Waals surface area contributed by atoms with Crippen LogP contribution in [0.5, 0.6) is 0 Å². The third-order valence-electron chi connectivity index (χ3n) is 3.52. The summed E-state index contributed by atoms with van der Waals surface area (Å²) >= 11 is 2.14. The molecule has 2 saturated heterocycles. The number of ether oxygens (including phenoxy) is 1. The van der Waals surface area contributed by atoms with Gasteiger partial charge in [0, 0.05) is 30.5 Å². The summed E-state index contributed by atoms with van der Waals surface area (Å²) in [5.74, 6) is 1.35. The highest BCUT2D eigenvalue weighted by Crippen LogP contribution is 2.37. The van der Waals surface area contributed by atoms with Gasteiger partial charge in [-0.2, -0.15) is 11.8 Å². The second kappa shape index (κ2) is 5.55. The molecule has 0 spiro atoms. The van der Waals surface area contributed by atoms with Gasteiger partial charge in [-0.1, -0.05) is 0 Å². The van der Waals surface area contributed by atoms with Gasteiger partial charge in [0.15, 0.2) is 0 Å². The number of hydrogen-bond acceptors (Lipinski definition) is 3. The lowest BCUT2D eigenvalue weighted by atomic mass is 10.0. The Morgan fingerprint density at radius 3 is 3.07 bits per heavy atom. The molecular weight excluding hydrogens is 206 g/mol. The molecule has 88 valence electrons. The maximum atomic E-state index is 5.48. The Morgan fingerprint density at radius 2 is 2.27 bits per heavy atom. The van der Waals surface area contributed by atoms with E-state index in [4.69, 9.17) is 4.74 Å². The zero-order valence-corrected chi connectivity index (χ0v) is 10.6. The van der Waals surface area contributed by atoms with Crippen LogP contribution < -0.4 is 5.32 Å². The molecule has 0 aromatic carbocycles. The van der Waals surface area contributed by atoms with Crippen molar-refractivity contribution < 1.29 is 4.74 Å². The largest absolute Gasteiger partial charge is 0.381 e. The van der Waals surface area contributed by atoms with E-state index in [0.717, 1.165) is 13.2 Å². The molecule has 2 atom stereocenters. The van der Waals surface area contributed by atoms with E-state index in [1.165, 1.54) is 44.4 Å². The predicted octanol–water partition coefficient (Wildman–Crippen LogP) is 2.43. The van der Waals surface area contributed by atoms with E-state index in [0.29, 0.717) is 10.8 Å². The molecule has 2 aliphatic heterocycles. The van der Waals surface area contributed by atoms with Crippen LogP contribution in [0, 0.1) is 0 Å². The van der Waals surface area contributed by atoms with Crippen LogP contribution in [-0.4, -0.2) is 36.3 Å². The molecule has 0 aromatic rings. The summed E-state index contributed by atoms with van der Waals surface area (Å²) in [6.07, 6.45) is 6.49. The maximum Gasteiger partial charge on any atom is 0.0480 e. The maximum absolute atomic E-state index is 5.48. The lowest BCUT2D eigenvalue weighted by Crippen LogP contribution is -2.39. The molecule has 2 heterocycles.